The zero-order valence-electron chi connectivity index (χ0n) is 10.9. The molecule has 0 aliphatic carbocycles. The Morgan fingerprint density at radius 3 is 2.38 bits per heavy atom. The Balaban J connectivity index is 3.77. The van der Waals surface area contributed by atoms with Crippen LogP contribution in [0.1, 0.15) is 34.6 Å². The van der Waals surface area contributed by atoms with Crippen molar-refractivity contribution in [3.8, 4) is 0 Å². The quantitative estimate of drug-likeness (QED) is 0.322. The van der Waals surface area contributed by atoms with Crippen LogP contribution < -0.4 is 5.43 Å². The molecule has 0 amide bonds. The molecule has 0 atom stereocenters. The zero-order valence-corrected chi connectivity index (χ0v) is 10.9. The lowest BCUT2D eigenvalue weighted by Gasteiger charge is -2.19. The van der Waals surface area contributed by atoms with Gasteiger partial charge >= 0.3 is 5.97 Å². The first kappa shape index (κ1) is 14.7. The summed E-state index contributed by atoms with van der Waals surface area (Å²) in [7, 11) is 0. The fraction of sp³-hybridized carbons (Fsp3) is 0.818. The van der Waals surface area contributed by atoms with Gasteiger partial charge in [0, 0.05) is 13.1 Å². The molecular weight excluding hydrogens is 206 g/mol. The van der Waals surface area contributed by atoms with Gasteiger partial charge in [-0.05, 0) is 34.6 Å². The number of carbonyl (C=O) groups is 1. The third kappa shape index (κ3) is 8.08. The Hall–Kier alpha value is -1.26. The third-order valence-electron chi connectivity index (χ3n) is 1.77. The fourth-order valence-electron chi connectivity index (χ4n) is 0.997. The van der Waals surface area contributed by atoms with Crippen molar-refractivity contribution >= 4 is 12.3 Å². The van der Waals surface area contributed by atoms with Crippen LogP contribution in [0, 0.1) is 0 Å². The molecule has 0 aromatic carbocycles. The summed E-state index contributed by atoms with van der Waals surface area (Å²) >= 11 is 0. The van der Waals surface area contributed by atoms with Crippen molar-refractivity contribution in [1.82, 2.24) is 10.3 Å². The van der Waals surface area contributed by atoms with Crippen molar-refractivity contribution in [1.29, 1.82) is 0 Å². The van der Waals surface area contributed by atoms with Gasteiger partial charge < -0.3 is 9.64 Å². The van der Waals surface area contributed by atoms with Crippen molar-refractivity contribution in [2.45, 2.75) is 40.2 Å². The first-order chi connectivity index (χ1) is 7.39. The predicted octanol–water partition coefficient (Wildman–Crippen LogP) is 1.20. The van der Waals surface area contributed by atoms with E-state index in [0.717, 1.165) is 13.1 Å². The molecule has 0 unspecified atom stereocenters. The number of rotatable bonds is 6. The summed E-state index contributed by atoms with van der Waals surface area (Å²) in [5.41, 5.74) is 2.22. The number of esters is 1. The molecule has 0 heterocycles. The Morgan fingerprint density at radius 2 is 1.94 bits per heavy atom. The van der Waals surface area contributed by atoms with Gasteiger partial charge in [0.2, 0.25) is 0 Å². The molecular formula is C11H23N3O2. The van der Waals surface area contributed by atoms with Crippen LogP contribution in [0.5, 0.6) is 0 Å². The molecule has 0 aliphatic heterocycles. The van der Waals surface area contributed by atoms with Gasteiger partial charge in [-0.15, -0.1) is 0 Å². The molecule has 0 rings (SSSR count). The number of hydrogen-bond acceptors (Lipinski definition) is 4. The van der Waals surface area contributed by atoms with E-state index in [-0.39, 0.29) is 12.5 Å². The van der Waals surface area contributed by atoms with E-state index in [2.05, 4.69) is 10.5 Å². The Labute approximate surface area is 97.8 Å². The molecule has 94 valence electrons. The molecule has 0 spiro atoms. The van der Waals surface area contributed by atoms with E-state index in [1.54, 1.807) is 6.34 Å². The molecule has 0 bridgehead atoms. The molecule has 0 radical (unpaired) electrons. The Kier molecular flexibility index (Phi) is 6.53. The second-order valence-electron chi connectivity index (χ2n) is 4.39. The average Bonchev–Trinajstić information content (AvgIpc) is 2.15. The van der Waals surface area contributed by atoms with Crippen LogP contribution in [0.2, 0.25) is 0 Å². The van der Waals surface area contributed by atoms with E-state index >= 15 is 0 Å². The van der Waals surface area contributed by atoms with Crippen LogP contribution in [0.3, 0.4) is 0 Å². The van der Waals surface area contributed by atoms with Crippen LogP contribution in [0.25, 0.3) is 0 Å². The first-order valence-electron chi connectivity index (χ1n) is 5.61. The first-order valence-corrected chi connectivity index (χ1v) is 5.61. The molecule has 1 N–H and O–H groups in total. The smallest absolute Gasteiger partial charge is 0.327 e. The van der Waals surface area contributed by atoms with Gasteiger partial charge in [-0.25, -0.2) is 0 Å². The summed E-state index contributed by atoms with van der Waals surface area (Å²) in [6.07, 6.45) is 1.68. The number of hydrogen-bond donors (Lipinski definition) is 1. The Bertz CT molecular complexity index is 230. The fourth-order valence-corrected chi connectivity index (χ4v) is 0.997. The lowest BCUT2D eigenvalue weighted by atomic mass is 10.2. The number of ether oxygens (including phenoxy) is 1. The van der Waals surface area contributed by atoms with Crippen LogP contribution in [-0.4, -0.2) is 42.4 Å². The van der Waals surface area contributed by atoms with Crippen molar-refractivity contribution < 1.29 is 9.53 Å². The minimum atomic E-state index is -0.443. The molecule has 0 aliphatic rings. The standard InChI is InChI=1S/C11H23N3O2/c1-6-14(7-2)9-13-12-8-10(15)16-11(3,4)5/h9,12H,6-8H2,1-5H3/b13-9+. The maximum absolute atomic E-state index is 11.3. The van der Waals surface area contributed by atoms with E-state index in [1.807, 2.05) is 39.5 Å². The SMILES string of the molecule is CCN(/C=N/NCC(=O)OC(C)(C)C)CC. The van der Waals surface area contributed by atoms with Crippen LogP contribution in [0.4, 0.5) is 0 Å². The van der Waals surface area contributed by atoms with E-state index in [1.165, 1.54) is 0 Å². The summed E-state index contributed by atoms with van der Waals surface area (Å²) < 4.78 is 5.11. The molecule has 0 aromatic rings. The zero-order chi connectivity index (χ0) is 12.6. The largest absolute Gasteiger partial charge is 0.459 e. The molecule has 0 fully saturated rings. The van der Waals surface area contributed by atoms with E-state index < -0.39 is 5.60 Å². The monoisotopic (exact) mass is 229 g/mol. The van der Waals surface area contributed by atoms with Gasteiger partial charge in [-0.2, -0.15) is 5.10 Å². The Morgan fingerprint density at radius 1 is 1.38 bits per heavy atom. The van der Waals surface area contributed by atoms with Gasteiger partial charge in [-0.3, -0.25) is 10.2 Å². The van der Waals surface area contributed by atoms with Crippen LogP contribution in [0.15, 0.2) is 5.10 Å². The van der Waals surface area contributed by atoms with Crippen molar-refractivity contribution in [2.75, 3.05) is 19.6 Å². The van der Waals surface area contributed by atoms with E-state index in [0.29, 0.717) is 0 Å². The van der Waals surface area contributed by atoms with Crippen LogP contribution in [-0.2, 0) is 9.53 Å². The number of nitrogens with one attached hydrogen (secondary N) is 1. The molecule has 0 saturated carbocycles. The number of hydrazone groups is 1. The molecule has 16 heavy (non-hydrogen) atoms. The predicted molar refractivity (Wildman–Crippen MR) is 65.3 cm³/mol. The number of nitrogens with zero attached hydrogens (tertiary/aromatic N) is 2. The van der Waals surface area contributed by atoms with Gasteiger partial charge in [0.1, 0.15) is 18.5 Å². The molecule has 0 saturated heterocycles. The lowest BCUT2D eigenvalue weighted by Crippen LogP contribution is -2.30. The topological polar surface area (TPSA) is 53.9 Å². The summed E-state index contributed by atoms with van der Waals surface area (Å²) in [5.74, 6) is -0.302. The molecule has 5 nitrogen and oxygen atoms in total. The lowest BCUT2D eigenvalue weighted by molar-refractivity contribution is -0.153. The van der Waals surface area contributed by atoms with Gasteiger partial charge in [-0.1, -0.05) is 0 Å². The second kappa shape index (κ2) is 7.09. The maximum atomic E-state index is 11.3. The summed E-state index contributed by atoms with van der Waals surface area (Å²) in [4.78, 5) is 13.3. The highest BCUT2D eigenvalue weighted by Gasteiger charge is 2.15. The normalized spacial score (nSPS) is 11.6. The molecule has 0 aromatic heterocycles. The minimum absolute atomic E-state index is 0.0923. The average molecular weight is 229 g/mol. The van der Waals surface area contributed by atoms with Crippen molar-refractivity contribution in [2.24, 2.45) is 5.10 Å². The van der Waals surface area contributed by atoms with Gasteiger partial charge in [0.05, 0.1) is 0 Å². The highest BCUT2D eigenvalue weighted by atomic mass is 16.6. The third-order valence-corrected chi connectivity index (χ3v) is 1.77. The highest BCUT2D eigenvalue weighted by molar-refractivity contribution is 5.72. The van der Waals surface area contributed by atoms with E-state index in [4.69, 9.17) is 4.74 Å². The van der Waals surface area contributed by atoms with Crippen molar-refractivity contribution in [3.05, 3.63) is 0 Å². The van der Waals surface area contributed by atoms with Gasteiger partial charge in [0.25, 0.3) is 0 Å². The summed E-state index contributed by atoms with van der Waals surface area (Å²) in [6.45, 7) is 11.5. The molecule has 5 heteroatoms. The second-order valence-corrected chi connectivity index (χ2v) is 4.39. The van der Waals surface area contributed by atoms with E-state index in [9.17, 15) is 4.79 Å². The van der Waals surface area contributed by atoms with Gasteiger partial charge in [0.15, 0.2) is 0 Å². The highest BCUT2D eigenvalue weighted by Crippen LogP contribution is 2.05. The minimum Gasteiger partial charge on any atom is -0.459 e. The maximum Gasteiger partial charge on any atom is 0.327 e. The van der Waals surface area contributed by atoms with Crippen LogP contribution >= 0.6 is 0 Å². The number of carbonyl (C=O) groups excluding carboxylic acids is 1. The summed E-state index contributed by atoms with van der Waals surface area (Å²) in [5, 5.41) is 3.93. The van der Waals surface area contributed by atoms with Crippen molar-refractivity contribution in [3.63, 3.8) is 0 Å². The summed E-state index contributed by atoms with van der Waals surface area (Å²) in [6, 6.07) is 0.